The molecule has 2 aromatic rings. The first-order valence-electron chi connectivity index (χ1n) is 9.24. The van der Waals surface area contributed by atoms with Crippen LogP contribution in [0.1, 0.15) is 55.3 Å². The third-order valence-corrected chi connectivity index (χ3v) is 4.86. The van der Waals surface area contributed by atoms with Gasteiger partial charge in [0.2, 0.25) is 5.88 Å². The molecular formula is C18H24N4O5. The van der Waals surface area contributed by atoms with E-state index in [0.29, 0.717) is 12.5 Å². The van der Waals surface area contributed by atoms with Crippen molar-refractivity contribution in [3.05, 3.63) is 18.0 Å². The molecule has 0 atom stereocenters. The second-order valence-corrected chi connectivity index (χ2v) is 6.81. The second kappa shape index (κ2) is 8.70. The molecule has 1 aliphatic carbocycles. The van der Waals surface area contributed by atoms with Crippen molar-refractivity contribution in [2.75, 3.05) is 13.2 Å². The molecule has 27 heavy (non-hydrogen) atoms. The highest BCUT2D eigenvalue weighted by molar-refractivity contribution is 6.03. The number of carboxylic acid groups (broad SMARTS) is 1. The Morgan fingerprint density at radius 1 is 1.30 bits per heavy atom. The van der Waals surface area contributed by atoms with Crippen molar-refractivity contribution in [2.45, 2.75) is 44.9 Å². The molecule has 3 rings (SSSR count). The lowest BCUT2D eigenvalue weighted by Gasteiger charge is -2.21. The lowest BCUT2D eigenvalue weighted by molar-refractivity contribution is -0.135. The molecule has 3 N–H and O–H groups in total. The number of hydrogen-bond donors (Lipinski definition) is 3. The summed E-state index contributed by atoms with van der Waals surface area (Å²) in [6, 6.07) is 1.30. The van der Waals surface area contributed by atoms with E-state index in [-0.39, 0.29) is 17.0 Å². The third kappa shape index (κ3) is 4.66. The van der Waals surface area contributed by atoms with Crippen molar-refractivity contribution in [3.8, 4) is 11.6 Å². The number of carboxylic acids is 1. The highest BCUT2D eigenvalue weighted by Crippen LogP contribution is 2.29. The summed E-state index contributed by atoms with van der Waals surface area (Å²) < 4.78 is 7.09. The van der Waals surface area contributed by atoms with Gasteiger partial charge in [0.1, 0.15) is 24.2 Å². The normalized spacial score (nSPS) is 15.0. The van der Waals surface area contributed by atoms with Gasteiger partial charge in [0.25, 0.3) is 5.91 Å². The average Bonchev–Trinajstić information content (AvgIpc) is 3.13. The predicted octanol–water partition coefficient (Wildman–Crippen LogP) is 1.99. The van der Waals surface area contributed by atoms with E-state index in [4.69, 9.17) is 9.84 Å². The van der Waals surface area contributed by atoms with Crippen LogP contribution in [0.15, 0.2) is 12.4 Å². The number of aromatic hydroxyl groups is 1. The second-order valence-electron chi connectivity index (χ2n) is 6.81. The van der Waals surface area contributed by atoms with E-state index < -0.39 is 18.4 Å². The lowest BCUT2D eigenvalue weighted by atomic mass is 9.86. The van der Waals surface area contributed by atoms with Gasteiger partial charge in [-0.25, -0.2) is 4.98 Å². The molecule has 9 nitrogen and oxygen atoms in total. The van der Waals surface area contributed by atoms with E-state index >= 15 is 0 Å². The van der Waals surface area contributed by atoms with E-state index in [2.05, 4.69) is 15.4 Å². The molecule has 0 bridgehead atoms. The Morgan fingerprint density at radius 3 is 2.81 bits per heavy atom. The molecule has 0 unspecified atom stereocenters. The van der Waals surface area contributed by atoms with Crippen LogP contribution in [0.5, 0.6) is 11.6 Å². The van der Waals surface area contributed by atoms with Gasteiger partial charge in [-0.3, -0.25) is 9.59 Å². The molecule has 0 spiro atoms. The fourth-order valence-electron chi connectivity index (χ4n) is 3.53. The smallest absolute Gasteiger partial charge is 0.322 e. The van der Waals surface area contributed by atoms with Crippen LogP contribution in [-0.2, 0) is 4.79 Å². The number of pyridine rings is 1. The van der Waals surface area contributed by atoms with Crippen molar-refractivity contribution in [1.29, 1.82) is 0 Å². The number of rotatable bonds is 8. The van der Waals surface area contributed by atoms with Crippen LogP contribution >= 0.6 is 0 Å². The van der Waals surface area contributed by atoms with Gasteiger partial charge in [-0.2, -0.15) is 9.61 Å². The van der Waals surface area contributed by atoms with E-state index in [1.54, 1.807) is 0 Å². The fraction of sp³-hybridized carbons (Fsp3) is 0.556. The number of carbonyl (C=O) groups is 2. The van der Waals surface area contributed by atoms with Crippen LogP contribution < -0.4 is 10.1 Å². The topological polar surface area (TPSA) is 126 Å². The first kappa shape index (κ1) is 18.9. The van der Waals surface area contributed by atoms with Crippen LogP contribution in [0.2, 0.25) is 0 Å². The van der Waals surface area contributed by atoms with Crippen LogP contribution in [0.4, 0.5) is 0 Å². The first-order valence-corrected chi connectivity index (χ1v) is 9.24. The Hall–Kier alpha value is -2.84. The van der Waals surface area contributed by atoms with Crippen molar-refractivity contribution < 1.29 is 24.5 Å². The number of ether oxygens (including phenoxy) is 1. The Morgan fingerprint density at radius 2 is 2.07 bits per heavy atom. The summed E-state index contributed by atoms with van der Waals surface area (Å²) in [5, 5.41) is 25.2. The summed E-state index contributed by atoms with van der Waals surface area (Å²) in [6.07, 6.45) is 9.79. The highest BCUT2D eigenvalue weighted by Gasteiger charge is 2.21. The van der Waals surface area contributed by atoms with Gasteiger partial charge in [-0.1, -0.05) is 32.1 Å². The molecular weight excluding hydrogens is 352 g/mol. The third-order valence-electron chi connectivity index (χ3n) is 4.86. The van der Waals surface area contributed by atoms with Crippen molar-refractivity contribution in [2.24, 2.45) is 5.92 Å². The highest BCUT2D eigenvalue weighted by atomic mass is 16.5. The predicted molar refractivity (Wildman–Crippen MR) is 95.9 cm³/mol. The van der Waals surface area contributed by atoms with E-state index in [9.17, 15) is 14.7 Å². The minimum Gasteiger partial charge on any atom is -0.507 e. The zero-order valence-corrected chi connectivity index (χ0v) is 15.1. The molecule has 0 radical (unpaired) electrons. The van der Waals surface area contributed by atoms with Gasteiger partial charge in [-0.15, -0.1) is 0 Å². The van der Waals surface area contributed by atoms with Gasteiger partial charge in [0, 0.05) is 6.07 Å². The number of aliphatic carboxylic acids is 1. The SMILES string of the molecule is O=C(O)CNC(=O)c1c(O)cc(OCCCC2CCCCC2)n2ncnc12. The Labute approximate surface area is 156 Å². The summed E-state index contributed by atoms with van der Waals surface area (Å²) in [5.41, 5.74) is -0.0246. The first-order chi connectivity index (χ1) is 13.1. The largest absolute Gasteiger partial charge is 0.507 e. The van der Waals surface area contributed by atoms with E-state index in [0.717, 1.165) is 18.8 Å². The number of carbonyl (C=O) groups excluding carboxylic acids is 1. The summed E-state index contributed by atoms with van der Waals surface area (Å²) in [4.78, 5) is 26.8. The molecule has 0 saturated heterocycles. The molecule has 9 heteroatoms. The summed E-state index contributed by atoms with van der Waals surface area (Å²) in [7, 11) is 0. The van der Waals surface area contributed by atoms with E-state index in [1.807, 2.05) is 0 Å². The summed E-state index contributed by atoms with van der Waals surface area (Å²) in [6.45, 7) is -0.0759. The number of aromatic nitrogens is 3. The van der Waals surface area contributed by atoms with Gasteiger partial charge < -0.3 is 20.3 Å². The zero-order valence-electron chi connectivity index (χ0n) is 15.1. The molecule has 1 aliphatic rings. The average molecular weight is 376 g/mol. The molecule has 146 valence electrons. The minimum absolute atomic E-state index is 0.111. The number of fused-ring (bicyclic) bond motifs is 1. The van der Waals surface area contributed by atoms with Crippen LogP contribution in [-0.4, -0.2) is 49.8 Å². The minimum atomic E-state index is -1.18. The number of amides is 1. The number of hydrogen-bond acceptors (Lipinski definition) is 6. The van der Waals surface area contributed by atoms with Gasteiger partial charge >= 0.3 is 5.97 Å². The van der Waals surface area contributed by atoms with Crippen molar-refractivity contribution >= 4 is 17.5 Å². The Balaban J connectivity index is 1.66. The maximum atomic E-state index is 12.2. The summed E-state index contributed by atoms with van der Waals surface area (Å²) in [5.74, 6) is -1.20. The Bertz CT molecular complexity index is 813. The number of nitrogens with one attached hydrogen (secondary N) is 1. The molecule has 1 amide bonds. The van der Waals surface area contributed by atoms with Crippen LogP contribution in [0.3, 0.4) is 0 Å². The van der Waals surface area contributed by atoms with Crippen molar-refractivity contribution in [3.63, 3.8) is 0 Å². The Kier molecular flexibility index (Phi) is 6.10. The maximum Gasteiger partial charge on any atom is 0.322 e. The lowest BCUT2D eigenvalue weighted by Crippen LogP contribution is -2.29. The van der Waals surface area contributed by atoms with E-state index in [1.165, 1.54) is 49.0 Å². The van der Waals surface area contributed by atoms with Crippen LogP contribution in [0, 0.1) is 5.92 Å². The molecule has 0 aliphatic heterocycles. The molecule has 1 saturated carbocycles. The molecule has 2 aromatic heterocycles. The molecule has 1 fully saturated rings. The van der Waals surface area contributed by atoms with Gasteiger partial charge in [0.05, 0.1) is 6.61 Å². The number of nitrogens with zero attached hydrogens (tertiary/aromatic N) is 3. The molecule has 2 heterocycles. The zero-order chi connectivity index (χ0) is 19.2. The standard InChI is InChI=1S/C18H24N4O5/c23-13-9-14(27-8-4-7-12-5-2-1-3-6-12)22-17(20-11-21-22)16(13)18(26)19-10-15(24)25/h9,11-12,23H,1-8,10H2,(H,19,26)(H,24,25). The fourth-order valence-corrected chi connectivity index (χ4v) is 3.53. The monoisotopic (exact) mass is 376 g/mol. The maximum absolute atomic E-state index is 12.2. The quantitative estimate of drug-likeness (QED) is 0.601. The van der Waals surface area contributed by atoms with Crippen molar-refractivity contribution in [1.82, 2.24) is 19.9 Å². The van der Waals surface area contributed by atoms with Gasteiger partial charge in [0.15, 0.2) is 5.65 Å². The van der Waals surface area contributed by atoms with Gasteiger partial charge in [-0.05, 0) is 18.8 Å². The molecule has 0 aromatic carbocycles. The summed E-state index contributed by atoms with van der Waals surface area (Å²) >= 11 is 0. The van der Waals surface area contributed by atoms with Crippen LogP contribution in [0.25, 0.3) is 5.65 Å².